The van der Waals surface area contributed by atoms with Crippen molar-refractivity contribution in [3.8, 4) is 22.3 Å². The number of fused-ring (bicyclic) bond motifs is 6. The van der Waals surface area contributed by atoms with Gasteiger partial charge in [-0.1, -0.05) is 80.1 Å². The Hall–Kier alpha value is -3.49. The highest BCUT2D eigenvalue weighted by atomic mass is 32.1. The number of rotatable bonds is 4. The summed E-state index contributed by atoms with van der Waals surface area (Å²) < 4.78 is 1.30. The minimum absolute atomic E-state index is 0.455. The molecule has 5 aromatic carbocycles. The smallest absolute Gasteiger partial charge is 0.0900 e. The molecule has 0 aliphatic rings. The lowest BCUT2D eigenvalue weighted by molar-refractivity contribution is 0.740. The number of hydrogen-bond donors (Lipinski definition) is 0. The van der Waals surface area contributed by atoms with E-state index in [1.165, 1.54) is 81.9 Å². The van der Waals surface area contributed by atoms with E-state index in [1.54, 1.807) is 11.3 Å². The second-order valence-corrected chi connectivity index (χ2v) is 11.9. The van der Waals surface area contributed by atoms with Crippen molar-refractivity contribution < 1.29 is 0 Å². The van der Waals surface area contributed by atoms with Crippen molar-refractivity contribution in [2.75, 3.05) is 0 Å². The van der Waals surface area contributed by atoms with Crippen LogP contribution in [0.5, 0.6) is 0 Å². The fourth-order valence-electron chi connectivity index (χ4n) is 6.65. The molecule has 6 aromatic rings. The van der Waals surface area contributed by atoms with Gasteiger partial charge in [0.1, 0.15) is 0 Å². The third kappa shape index (κ3) is 3.69. The van der Waals surface area contributed by atoms with Crippen LogP contribution in [-0.2, 0) is 0 Å². The van der Waals surface area contributed by atoms with Crippen molar-refractivity contribution in [2.24, 2.45) is 0 Å². The first-order valence-corrected chi connectivity index (χ1v) is 14.6. The molecule has 6 rings (SSSR count). The van der Waals surface area contributed by atoms with Crippen LogP contribution < -0.4 is 0 Å². The fraction of sp³-hybridized carbons (Fsp3) is 0.250. The number of nitrogens with zero attached hydrogens (tertiary/aromatic N) is 1. The molecule has 0 radical (unpaired) electrons. The summed E-state index contributed by atoms with van der Waals surface area (Å²) in [5, 5.41) is 5.34. The van der Waals surface area contributed by atoms with Crippen LogP contribution in [0.3, 0.4) is 0 Å². The van der Waals surface area contributed by atoms with Crippen LogP contribution in [0.25, 0.3) is 54.0 Å². The predicted octanol–water partition coefficient (Wildman–Crippen LogP) is 11.0. The molecule has 1 atom stereocenters. The first-order chi connectivity index (χ1) is 18.3. The van der Waals surface area contributed by atoms with E-state index in [0.29, 0.717) is 5.92 Å². The van der Waals surface area contributed by atoms with Crippen LogP contribution in [0, 0.1) is 34.6 Å². The highest BCUT2D eigenvalue weighted by molar-refractivity contribution is 7.18. The molecule has 1 nitrogen and oxygen atoms in total. The number of aryl methyl sites for hydroxylation is 5. The zero-order chi connectivity index (χ0) is 26.7. The monoisotopic (exact) mass is 513 g/mol. The van der Waals surface area contributed by atoms with E-state index >= 15 is 0 Å². The van der Waals surface area contributed by atoms with E-state index in [9.17, 15) is 0 Å². The zero-order valence-electron chi connectivity index (χ0n) is 23.5. The van der Waals surface area contributed by atoms with Gasteiger partial charge in [-0.3, -0.25) is 0 Å². The molecular formula is C36H35NS. The van der Waals surface area contributed by atoms with Crippen LogP contribution in [0.2, 0.25) is 0 Å². The average Bonchev–Trinajstić information content (AvgIpc) is 3.37. The minimum atomic E-state index is 0.455. The Labute approximate surface area is 230 Å². The quantitative estimate of drug-likeness (QED) is 0.214. The summed E-state index contributed by atoms with van der Waals surface area (Å²) in [6.45, 7) is 15.8. The topological polar surface area (TPSA) is 12.9 Å². The van der Waals surface area contributed by atoms with Crippen molar-refractivity contribution in [1.82, 2.24) is 4.98 Å². The summed E-state index contributed by atoms with van der Waals surface area (Å²) in [4.78, 5) is 5.07. The number of aromatic nitrogens is 1. The molecule has 0 bridgehead atoms. The average molecular weight is 514 g/mol. The van der Waals surface area contributed by atoms with Gasteiger partial charge in [0.25, 0.3) is 0 Å². The van der Waals surface area contributed by atoms with Gasteiger partial charge in [0.2, 0.25) is 0 Å². The Bertz CT molecular complexity index is 1830. The highest BCUT2D eigenvalue weighted by Gasteiger charge is 2.23. The molecule has 0 spiro atoms. The third-order valence-corrected chi connectivity index (χ3v) is 9.29. The summed E-state index contributed by atoms with van der Waals surface area (Å²) in [6.07, 6.45) is 1.10. The number of benzene rings is 5. The molecule has 0 aliphatic carbocycles. The minimum Gasteiger partial charge on any atom is -0.244 e. The Kier molecular flexibility index (Phi) is 6.12. The van der Waals surface area contributed by atoms with Gasteiger partial charge in [-0.25, -0.2) is 4.98 Å². The van der Waals surface area contributed by atoms with Gasteiger partial charge in [-0.15, -0.1) is 11.3 Å². The molecule has 0 saturated heterocycles. The predicted molar refractivity (Wildman–Crippen MR) is 168 cm³/mol. The molecule has 0 fully saturated rings. The fourth-order valence-corrected chi connectivity index (χ4v) is 7.52. The van der Waals surface area contributed by atoms with Crippen LogP contribution in [-0.4, -0.2) is 4.98 Å². The van der Waals surface area contributed by atoms with Gasteiger partial charge in [-0.2, -0.15) is 0 Å². The van der Waals surface area contributed by atoms with Crippen LogP contribution >= 0.6 is 11.3 Å². The molecule has 190 valence electrons. The van der Waals surface area contributed by atoms with Crippen molar-refractivity contribution in [2.45, 2.75) is 60.8 Å². The Morgan fingerprint density at radius 2 is 1.34 bits per heavy atom. The summed E-state index contributed by atoms with van der Waals surface area (Å²) in [5.74, 6) is 0.455. The maximum atomic E-state index is 5.07. The highest BCUT2D eigenvalue weighted by Crippen LogP contribution is 2.48. The largest absolute Gasteiger partial charge is 0.244 e. The normalized spacial score (nSPS) is 12.6. The van der Waals surface area contributed by atoms with Crippen molar-refractivity contribution >= 4 is 43.1 Å². The lowest BCUT2D eigenvalue weighted by Gasteiger charge is -2.22. The molecule has 0 N–H and O–H groups in total. The Balaban J connectivity index is 1.90. The lowest BCUT2D eigenvalue weighted by atomic mass is 9.82. The summed E-state index contributed by atoms with van der Waals surface area (Å²) in [6, 6.07) is 22.9. The third-order valence-electron chi connectivity index (χ3n) is 8.44. The first-order valence-electron chi connectivity index (χ1n) is 13.7. The van der Waals surface area contributed by atoms with Crippen LogP contribution in [0.1, 0.15) is 59.6 Å². The Morgan fingerprint density at radius 1 is 0.711 bits per heavy atom. The molecule has 38 heavy (non-hydrogen) atoms. The number of thiazole rings is 1. The zero-order valence-corrected chi connectivity index (χ0v) is 24.3. The van der Waals surface area contributed by atoms with Crippen molar-refractivity contribution in [1.29, 1.82) is 0 Å². The van der Waals surface area contributed by atoms with Crippen LogP contribution in [0.15, 0.2) is 66.2 Å². The van der Waals surface area contributed by atoms with E-state index in [0.717, 1.165) is 11.9 Å². The van der Waals surface area contributed by atoms with E-state index < -0.39 is 0 Å². The van der Waals surface area contributed by atoms with Gasteiger partial charge in [0.05, 0.1) is 15.7 Å². The standard InChI is InChI=1S/C36H35NS/c1-8-21(3)26-15-16-29(31-24(6)17-20(2)18-25(31)7)32-28-14-10-13-27(30-22(4)11-9-12-23(30)5)33(28)36-35(34(26)32)37-19-38-36/h9-19,21H,8H2,1-7H3. The maximum absolute atomic E-state index is 5.07. The van der Waals surface area contributed by atoms with E-state index in [4.69, 9.17) is 4.98 Å². The Morgan fingerprint density at radius 3 is 2.03 bits per heavy atom. The molecule has 1 unspecified atom stereocenters. The number of hydrogen-bond acceptors (Lipinski definition) is 2. The van der Waals surface area contributed by atoms with Gasteiger partial charge < -0.3 is 0 Å². The summed E-state index contributed by atoms with van der Waals surface area (Å²) in [5.41, 5.74) is 16.5. The molecular weight excluding hydrogens is 478 g/mol. The molecule has 2 heteroatoms. The molecule has 1 heterocycles. The summed E-state index contributed by atoms with van der Waals surface area (Å²) in [7, 11) is 0. The van der Waals surface area contributed by atoms with Crippen LogP contribution in [0.4, 0.5) is 0 Å². The van der Waals surface area contributed by atoms with E-state index in [-0.39, 0.29) is 0 Å². The van der Waals surface area contributed by atoms with Crippen molar-refractivity contribution in [3.63, 3.8) is 0 Å². The molecule has 0 amide bonds. The maximum Gasteiger partial charge on any atom is 0.0900 e. The van der Waals surface area contributed by atoms with E-state index in [1.807, 2.05) is 5.51 Å². The lowest BCUT2D eigenvalue weighted by Crippen LogP contribution is -1.99. The molecule has 1 aromatic heterocycles. The van der Waals surface area contributed by atoms with Crippen molar-refractivity contribution in [3.05, 3.63) is 99.6 Å². The van der Waals surface area contributed by atoms with Gasteiger partial charge in [0.15, 0.2) is 0 Å². The first kappa shape index (κ1) is 24.8. The molecule has 0 saturated carbocycles. The second-order valence-electron chi connectivity index (χ2n) is 11.1. The van der Waals surface area contributed by atoms with E-state index in [2.05, 4.69) is 109 Å². The SMILES string of the molecule is CCC(C)c1ccc(-c2c(C)cc(C)cc2C)c2c3cccc(-c4c(C)cccc4C)c3c3scnc3c12. The molecule has 0 aliphatic heterocycles. The van der Waals surface area contributed by atoms with Gasteiger partial charge >= 0.3 is 0 Å². The van der Waals surface area contributed by atoms with Gasteiger partial charge in [-0.05, 0) is 108 Å². The second kappa shape index (κ2) is 9.36. The summed E-state index contributed by atoms with van der Waals surface area (Å²) >= 11 is 1.78. The van der Waals surface area contributed by atoms with Gasteiger partial charge in [0, 0.05) is 10.8 Å².